The zero-order valence-corrected chi connectivity index (χ0v) is 11.1. The van der Waals surface area contributed by atoms with Gasteiger partial charge in [-0.2, -0.15) is 0 Å². The van der Waals surface area contributed by atoms with E-state index in [-0.39, 0.29) is 6.42 Å². The van der Waals surface area contributed by atoms with Crippen LogP contribution >= 0.6 is 0 Å². The zero-order chi connectivity index (χ0) is 13.6. The van der Waals surface area contributed by atoms with E-state index in [4.69, 9.17) is 10.6 Å². The lowest BCUT2D eigenvalue weighted by Gasteiger charge is -2.28. The molecule has 0 rings (SSSR count). The van der Waals surface area contributed by atoms with Gasteiger partial charge in [-0.05, 0) is 27.2 Å². The molecule has 0 aliphatic carbocycles. The van der Waals surface area contributed by atoms with E-state index in [1.807, 2.05) is 6.92 Å². The molecule has 0 aromatic heterocycles. The van der Waals surface area contributed by atoms with E-state index in [0.717, 1.165) is 5.01 Å². The maximum atomic E-state index is 11.7. The van der Waals surface area contributed by atoms with Crippen molar-refractivity contribution < 1.29 is 19.1 Å². The van der Waals surface area contributed by atoms with Gasteiger partial charge in [-0.15, -0.1) is 0 Å². The number of hydrogen-bond donors (Lipinski definition) is 1. The molecule has 6 heteroatoms. The molecule has 0 aromatic carbocycles. The molecule has 100 valence electrons. The highest BCUT2D eigenvalue weighted by Gasteiger charge is 2.26. The number of hydrogen-bond acceptors (Lipinski definition) is 5. The molecule has 0 bridgehead atoms. The van der Waals surface area contributed by atoms with Crippen LogP contribution in [-0.4, -0.2) is 35.8 Å². The normalized spacial score (nSPS) is 12.8. The molecule has 0 saturated heterocycles. The van der Waals surface area contributed by atoms with Crippen molar-refractivity contribution in [1.82, 2.24) is 5.01 Å². The number of nitrogens with two attached hydrogens (primary N) is 1. The predicted octanol–water partition coefficient (Wildman–Crippen LogP) is 1.44. The molecular weight excluding hydrogens is 224 g/mol. The van der Waals surface area contributed by atoms with Gasteiger partial charge in [-0.3, -0.25) is 4.79 Å². The number of amides is 1. The van der Waals surface area contributed by atoms with Gasteiger partial charge >= 0.3 is 12.1 Å². The van der Waals surface area contributed by atoms with E-state index in [1.54, 1.807) is 20.8 Å². The summed E-state index contributed by atoms with van der Waals surface area (Å²) in [7, 11) is 1.30. The highest BCUT2D eigenvalue weighted by molar-refractivity contribution is 5.72. The van der Waals surface area contributed by atoms with Crippen molar-refractivity contribution >= 4 is 12.1 Å². The minimum Gasteiger partial charge on any atom is -0.469 e. The number of methoxy groups -OCH3 is 1. The Labute approximate surface area is 102 Å². The average Bonchev–Trinajstić information content (AvgIpc) is 2.22. The molecule has 0 aliphatic heterocycles. The van der Waals surface area contributed by atoms with E-state index >= 15 is 0 Å². The van der Waals surface area contributed by atoms with E-state index in [2.05, 4.69) is 4.74 Å². The first kappa shape index (κ1) is 15.7. The van der Waals surface area contributed by atoms with E-state index in [9.17, 15) is 9.59 Å². The molecule has 6 nitrogen and oxygen atoms in total. The summed E-state index contributed by atoms with van der Waals surface area (Å²) in [6.07, 6.45) is -0.0404. The second-order valence-electron chi connectivity index (χ2n) is 4.73. The summed E-state index contributed by atoms with van der Waals surface area (Å²) in [5.74, 6) is 5.23. The number of esters is 1. The first-order valence-electron chi connectivity index (χ1n) is 5.55. The maximum absolute atomic E-state index is 11.7. The SMILES string of the molecule is CCC(CC(=O)OC)N(N)C(=O)OC(C)(C)C. The Morgan fingerprint density at radius 1 is 1.35 bits per heavy atom. The third-order valence-electron chi connectivity index (χ3n) is 2.10. The van der Waals surface area contributed by atoms with Gasteiger partial charge in [0.15, 0.2) is 0 Å². The summed E-state index contributed by atoms with van der Waals surface area (Å²) >= 11 is 0. The van der Waals surface area contributed by atoms with Crippen molar-refractivity contribution in [3.8, 4) is 0 Å². The first-order valence-corrected chi connectivity index (χ1v) is 5.55. The van der Waals surface area contributed by atoms with Crippen molar-refractivity contribution in [3.63, 3.8) is 0 Å². The number of rotatable bonds is 4. The van der Waals surface area contributed by atoms with Crippen molar-refractivity contribution in [2.75, 3.05) is 7.11 Å². The second kappa shape index (κ2) is 6.44. The van der Waals surface area contributed by atoms with Gasteiger partial charge in [0.25, 0.3) is 0 Å². The van der Waals surface area contributed by atoms with Crippen molar-refractivity contribution in [1.29, 1.82) is 0 Å². The average molecular weight is 246 g/mol. The Bertz CT molecular complexity index is 273. The van der Waals surface area contributed by atoms with Crippen molar-refractivity contribution in [2.45, 2.75) is 52.2 Å². The van der Waals surface area contributed by atoms with Crippen LogP contribution in [0.1, 0.15) is 40.5 Å². The van der Waals surface area contributed by atoms with Crippen LogP contribution in [0.15, 0.2) is 0 Å². The van der Waals surface area contributed by atoms with Crippen LogP contribution in [0, 0.1) is 0 Å². The van der Waals surface area contributed by atoms with Gasteiger partial charge in [0.05, 0.1) is 19.6 Å². The third-order valence-corrected chi connectivity index (χ3v) is 2.10. The van der Waals surface area contributed by atoms with Crippen LogP contribution in [-0.2, 0) is 14.3 Å². The quantitative estimate of drug-likeness (QED) is 0.351. The Balaban J connectivity index is 4.47. The van der Waals surface area contributed by atoms with E-state index < -0.39 is 23.7 Å². The molecule has 0 fully saturated rings. The summed E-state index contributed by atoms with van der Waals surface area (Å²) in [6.45, 7) is 7.08. The summed E-state index contributed by atoms with van der Waals surface area (Å²) in [5, 5.41) is 0.947. The molecule has 1 unspecified atom stereocenters. The van der Waals surface area contributed by atoms with Gasteiger partial charge in [0.2, 0.25) is 0 Å². The van der Waals surface area contributed by atoms with Gasteiger partial charge in [-0.25, -0.2) is 15.6 Å². The minimum absolute atomic E-state index is 0.0583. The fourth-order valence-electron chi connectivity index (χ4n) is 1.18. The second-order valence-corrected chi connectivity index (χ2v) is 4.73. The minimum atomic E-state index is -0.645. The van der Waals surface area contributed by atoms with Crippen LogP contribution in [0.5, 0.6) is 0 Å². The number of hydrazine groups is 1. The lowest BCUT2D eigenvalue weighted by atomic mass is 10.1. The summed E-state index contributed by atoms with van der Waals surface area (Å²) in [5.41, 5.74) is -0.613. The highest BCUT2D eigenvalue weighted by Crippen LogP contribution is 2.12. The highest BCUT2D eigenvalue weighted by atomic mass is 16.6. The molecule has 0 aromatic rings. The van der Waals surface area contributed by atoms with Gasteiger partial charge in [0, 0.05) is 0 Å². The molecule has 0 heterocycles. The van der Waals surface area contributed by atoms with Crippen molar-refractivity contribution in [3.05, 3.63) is 0 Å². The summed E-state index contributed by atoms with van der Waals surface area (Å²) < 4.78 is 9.65. The molecule has 0 aliphatic rings. The predicted molar refractivity (Wildman–Crippen MR) is 63.0 cm³/mol. The van der Waals surface area contributed by atoms with E-state index in [1.165, 1.54) is 7.11 Å². The van der Waals surface area contributed by atoms with Crippen molar-refractivity contribution in [2.24, 2.45) is 5.84 Å². The summed E-state index contributed by atoms with van der Waals surface area (Å²) in [4.78, 5) is 22.8. The molecule has 1 amide bonds. The van der Waals surface area contributed by atoms with Gasteiger partial charge < -0.3 is 9.47 Å². The first-order chi connectivity index (χ1) is 7.71. The Morgan fingerprint density at radius 3 is 2.24 bits per heavy atom. The standard InChI is InChI=1S/C11H22N2O4/c1-6-8(7-9(14)16-5)13(12)10(15)17-11(2,3)4/h8H,6-7,12H2,1-5H3. The Kier molecular flexibility index (Phi) is 5.95. The monoisotopic (exact) mass is 246 g/mol. The largest absolute Gasteiger partial charge is 0.469 e. The number of carbonyl (C=O) groups is 2. The molecule has 0 radical (unpaired) electrons. The van der Waals surface area contributed by atoms with Gasteiger partial charge in [-0.1, -0.05) is 6.92 Å². The maximum Gasteiger partial charge on any atom is 0.424 e. The van der Waals surface area contributed by atoms with Crippen LogP contribution in [0.2, 0.25) is 0 Å². The molecular formula is C11H22N2O4. The molecule has 2 N–H and O–H groups in total. The molecule has 0 saturated carbocycles. The van der Waals surface area contributed by atoms with Gasteiger partial charge in [0.1, 0.15) is 5.60 Å². The molecule has 1 atom stereocenters. The number of nitrogens with zero attached hydrogens (tertiary/aromatic N) is 1. The van der Waals surface area contributed by atoms with Crippen LogP contribution in [0.4, 0.5) is 4.79 Å². The van der Waals surface area contributed by atoms with E-state index in [0.29, 0.717) is 6.42 Å². The Morgan fingerprint density at radius 2 is 1.88 bits per heavy atom. The fraction of sp³-hybridized carbons (Fsp3) is 0.818. The lowest BCUT2D eigenvalue weighted by Crippen LogP contribution is -2.48. The fourth-order valence-corrected chi connectivity index (χ4v) is 1.18. The van der Waals surface area contributed by atoms with Crippen LogP contribution in [0.3, 0.4) is 0 Å². The molecule has 0 spiro atoms. The Hall–Kier alpha value is -1.30. The number of ether oxygens (including phenoxy) is 2. The third kappa shape index (κ3) is 6.11. The van der Waals surface area contributed by atoms with Crippen LogP contribution < -0.4 is 5.84 Å². The lowest BCUT2D eigenvalue weighted by molar-refractivity contribution is -0.142. The molecule has 17 heavy (non-hydrogen) atoms. The topological polar surface area (TPSA) is 81.9 Å². The zero-order valence-electron chi connectivity index (χ0n) is 11.1. The van der Waals surface area contributed by atoms with Crippen LogP contribution in [0.25, 0.3) is 0 Å². The number of carbonyl (C=O) groups excluding carboxylic acids is 2. The smallest absolute Gasteiger partial charge is 0.424 e. The summed E-state index contributed by atoms with van der Waals surface area (Å²) in [6, 6.07) is -0.419.